The Kier molecular flexibility index (Phi) is 6.78. The number of carbonyl (C=O) groups excluding carboxylic acids is 2. The van der Waals surface area contributed by atoms with E-state index in [9.17, 15) is 14.4 Å². The lowest BCUT2D eigenvalue weighted by atomic mass is 9.68. The van der Waals surface area contributed by atoms with Crippen LogP contribution in [-0.4, -0.2) is 22.0 Å². The third-order valence-electron chi connectivity index (χ3n) is 9.59. The van der Waals surface area contributed by atoms with Crippen LogP contribution in [-0.2, 0) is 16.2 Å². The minimum Gasteiger partial charge on any atom is -0.489 e. The quantitative estimate of drug-likeness (QED) is 0.215. The van der Waals surface area contributed by atoms with Gasteiger partial charge in [0.25, 0.3) is 0 Å². The van der Waals surface area contributed by atoms with Crippen LogP contribution in [0.25, 0.3) is 0 Å². The molecule has 0 spiro atoms. The second-order valence-electron chi connectivity index (χ2n) is 11.9. The van der Waals surface area contributed by atoms with Gasteiger partial charge in [0.15, 0.2) is 0 Å². The van der Waals surface area contributed by atoms with Crippen molar-refractivity contribution >= 4 is 72.5 Å². The van der Waals surface area contributed by atoms with Gasteiger partial charge in [0, 0.05) is 30.6 Å². The molecule has 43 heavy (non-hydrogen) atoms. The summed E-state index contributed by atoms with van der Waals surface area (Å²) in [5, 5.41) is 0.996. The van der Waals surface area contributed by atoms with Crippen LogP contribution >= 0.6 is 55.0 Å². The molecular formula is C33H26Br2N2O4S2. The normalized spacial score (nSPS) is 28.6. The molecule has 1 N–H and O–H groups in total. The third kappa shape index (κ3) is 4.42. The van der Waals surface area contributed by atoms with Crippen LogP contribution in [0.5, 0.6) is 5.75 Å². The first-order valence-electron chi connectivity index (χ1n) is 14.3. The van der Waals surface area contributed by atoms with E-state index in [4.69, 9.17) is 4.74 Å². The number of carbonyl (C=O) groups is 2. The molecule has 1 saturated heterocycles. The van der Waals surface area contributed by atoms with E-state index < -0.39 is 0 Å². The number of fused-ring (bicyclic) bond motifs is 9. The number of H-pyrrole nitrogens is 1. The molecule has 8 rings (SSSR count). The molecule has 2 bridgehead atoms. The van der Waals surface area contributed by atoms with Gasteiger partial charge in [-0.05, 0) is 79.1 Å². The molecule has 4 aromatic rings. The Labute approximate surface area is 273 Å². The highest BCUT2D eigenvalue weighted by Gasteiger charge is 2.69. The number of halogens is 2. The monoisotopic (exact) mass is 736 g/mol. The van der Waals surface area contributed by atoms with E-state index >= 15 is 0 Å². The number of thioether (sulfide) groups is 1. The number of imide groups is 1. The highest BCUT2D eigenvalue weighted by Crippen LogP contribution is 2.69. The minimum absolute atomic E-state index is 0.0309. The lowest BCUT2D eigenvalue weighted by Gasteiger charge is -2.43. The Hall–Kier alpha value is -2.66. The molecule has 0 radical (unpaired) electrons. The molecule has 3 fully saturated rings. The molecule has 6 nitrogen and oxygen atoms in total. The van der Waals surface area contributed by atoms with Crippen LogP contribution in [0.2, 0.25) is 0 Å². The Morgan fingerprint density at radius 2 is 1.67 bits per heavy atom. The average Bonchev–Trinajstić information content (AvgIpc) is 3.72. The van der Waals surface area contributed by atoms with E-state index in [2.05, 4.69) is 68.0 Å². The zero-order valence-corrected chi connectivity index (χ0v) is 27.8. The summed E-state index contributed by atoms with van der Waals surface area (Å²) < 4.78 is 8.33. The Bertz CT molecular complexity index is 1850. The zero-order chi connectivity index (χ0) is 29.6. The number of thiazole rings is 1. The number of nitrogens with one attached hydrogen (secondary N) is 1. The van der Waals surface area contributed by atoms with Gasteiger partial charge in [-0.25, -0.2) is 0 Å². The highest BCUT2D eigenvalue weighted by molar-refractivity contribution is 9.10. The van der Waals surface area contributed by atoms with Gasteiger partial charge in [0.1, 0.15) is 12.4 Å². The molecule has 4 aliphatic rings. The fraction of sp³-hybridized carbons (Fsp3) is 0.303. The number of anilines is 1. The molecule has 218 valence electrons. The number of aryl methyl sites for hydroxylation is 1. The van der Waals surface area contributed by atoms with Gasteiger partial charge >= 0.3 is 4.87 Å². The molecule has 7 atom stereocenters. The summed E-state index contributed by atoms with van der Waals surface area (Å²) in [7, 11) is 0. The van der Waals surface area contributed by atoms with Gasteiger partial charge in [-0.1, -0.05) is 73.0 Å². The van der Waals surface area contributed by atoms with Crippen molar-refractivity contribution in [2.24, 2.45) is 29.6 Å². The standard InChI is InChI=1S/C33H26Br2N2O4S2/c1-15-3-2-4-16(11-15)14-41-23-10-7-18(35)12-20(23)24-25-21-13-22(28(25)42-30-29(24)43-33(40)36-30)27-26(21)31(38)37(32(27)39)19-8-5-17(34)6-9-19/h2-12,21-22,24-28H,13-14H2,1H3,(H,36,40)/t21?,22?,24-,25?,26?,27?,28?/m1/s1. The van der Waals surface area contributed by atoms with E-state index in [-0.39, 0.29) is 57.4 Å². The highest BCUT2D eigenvalue weighted by atomic mass is 79.9. The SMILES string of the molecule is Cc1cccc(COc2ccc(Br)cc2[C@H]2c3sc(=O)[nH]c3SC3C4CC(C5C(=O)N(c6ccc(Br)cc6)C(=O)C45)C32)c1. The first-order valence-corrected chi connectivity index (χ1v) is 17.6. The summed E-state index contributed by atoms with van der Waals surface area (Å²) in [6, 6.07) is 21.8. The van der Waals surface area contributed by atoms with Gasteiger partial charge in [0.2, 0.25) is 11.8 Å². The van der Waals surface area contributed by atoms with Crippen LogP contribution in [0, 0.1) is 36.5 Å². The van der Waals surface area contributed by atoms with E-state index in [1.54, 1.807) is 11.8 Å². The second kappa shape index (κ2) is 10.5. The molecule has 1 aromatic heterocycles. The fourth-order valence-electron chi connectivity index (χ4n) is 8.07. The summed E-state index contributed by atoms with van der Waals surface area (Å²) in [5.74, 6) is -0.0402. The number of nitrogens with zero attached hydrogens (tertiary/aromatic N) is 1. The van der Waals surface area contributed by atoms with Crippen molar-refractivity contribution in [3.63, 3.8) is 0 Å². The van der Waals surface area contributed by atoms with Crippen molar-refractivity contribution in [2.75, 3.05) is 4.90 Å². The number of benzene rings is 3. The summed E-state index contributed by atoms with van der Waals surface area (Å²) in [4.78, 5) is 46.1. The van der Waals surface area contributed by atoms with Crippen molar-refractivity contribution in [1.82, 2.24) is 4.98 Å². The maximum absolute atomic E-state index is 14.0. The third-order valence-corrected chi connectivity index (χ3v) is 13.2. The lowest BCUT2D eigenvalue weighted by molar-refractivity contribution is -0.123. The fourth-order valence-corrected chi connectivity index (χ4v) is 11.6. The topological polar surface area (TPSA) is 79.5 Å². The smallest absolute Gasteiger partial charge is 0.305 e. The van der Waals surface area contributed by atoms with E-state index in [0.29, 0.717) is 12.3 Å². The first kappa shape index (κ1) is 27.9. The number of ether oxygens (including phenoxy) is 1. The summed E-state index contributed by atoms with van der Waals surface area (Å²) >= 11 is 10.1. The molecule has 6 unspecified atom stereocenters. The molecule has 2 aliphatic heterocycles. The van der Waals surface area contributed by atoms with Crippen LogP contribution in [0.15, 0.2) is 85.5 Å². The van der Waals surface area contributed by atoms with E-state index in [1.807, 2.05) is 42.5 Å². The molecule has 2 aliphatic carbocycles. The number of rotatable bonds is 5. The molecule has 3 heterocycles. The summed E-state index contributed by atoms with van der Waals surface area (Å²) in [5.41, 5.74) is 3.90. The van der Waals surface area contributed by atoms with Crippen molar-refractivity contribution in [2.45, 2.75) is 36.1 Å². The maximum atomic E-state index is 14.0. The van der Waals surface area contributed by atoms with Crippen molar-refractivity contribution < 1.29 is 14.3 Å². The summed E-state index contributed by atoms with van der Waals surface area (Å²) in [6.07, 6.45) is 0.840. The number of hydrogen-bond acceptors (Lipinski definition) is 6. The zero-order valence-electron chi connectivity index (χ0n) is 23.0. The van der Waals surface area contributed by atoms with Crippen molar-refractivity contribution in [3.05, 3.63) is 107 Å². The Morgan fingerprint density at radius 1 is 0.930 bits per heavy atom. The minimum atomic E-state index is -0.355. The molecule has 2 saturated carbocycles. The predicted octanol–water partition coefficient (Wildman–Crippen LogP) is 7.53. The van der Waals surface area contributed by atoms with Gasteiger partial charge in [-0.2, -0.15) is 0 Å². The maximum Gasteiger partial charge on any atom is 0.305 e. The van der Waals surface area contributed by atoms with Crippen molar-refractivity contribution in [1.29, 1.82) is 0 Å². The van der Waals surface area contributed by atoms with Gasteiger partial charge in [-0.15, -0.1) is 11.8 Å². The van der Waals surface area contributed by atoms with Crippen LogP contribution in [0.1, 0.15) is 33.9 Å². The second-order valence-corrected chi connectivity index (χ2v) is 15.9. The van der Waals surface area contributed by atoms with Crippen LogP contribution in [0.3, 0.4) is 0 Å². The first-order chi connectivity index (χ1) is 20.8. The van der Waals surface area contributed by atoms with E-state index in [1.165, 1.54) is 21.8 Å². The predicted molar refractivity (Wildman–Crippen MR) is 175 cm³/mol. The Morgan fingerprint density at radius 3 is 2.44 bits per heavy atom. The van der Waals surface area contributed by atoms with E-state index in [0.717, 1.165) is 42.1 Å². The van der Waals surface area contributed by atoms with Gasteiger partial charge in [-0.3, -0.25) is 19.3 Å². The van der Waals surface area contributed by atoms with Crippen LogP contribution in [0.4, 0.5) is 5.69 Å². The van der Waals surface area contributed by atoms with Crippen molar-refractivity contribution in [3.8, 4) is 5.75 Å². The molecular weight excluding hydrogens is 712 g/mol. The Balaban J connectivity index is 1.20. The molecule has 3 aromatic carbocycles. The largest absolute Gasteiger partial charge is 0.489 e. The number of aromatic nitrogens is 1. The number of hydrogen-bond donors (Lipinski definition) is 1. The molecule has 2 amide bonds. The van der Waals surface area contributed by atoms with Gasteiger partial charge in [0.05, 0.1) is 22.5 Å². The number of aromatic amines is 1. The molecule has 10 heteroatoms. The van der Waals surface area contributed by atoms with Gasteiger partial charge < -0.3 is 9.72 Å². The average molecular weight is 739 g/mol. The lowest BCUT2D eigenvalue weighted by Crippen LogP contribution is -2.42. The van der Waals surface area contributed by atoms with Crippen LogP contribution < -0.4 is 14.5 Å². The summed E-state index contributed by atoms with van der Waals surface area (Å²) in [6.45, 7) is 2.49. The number of amides is 2.